The Morgan fingerprint density at radius 3 is 1.55 bits per heavy atom. The van der Waals surface area contributed by atoms with Crippen molar-refractivity contribution in [1.29, 1.82) is 10.5 Å². The van der Waals surface area contributed by atoms with E-state index in [2.05, 4.69) is 12.1 Å². The number of halogens is 3. The highest BCUT2D eigenvalue weighted by Crippen LogP contribution is 2.44. The van der Waals surface area contributed by atoms with Crippen LogP contribution in [0.15, 0.2) is 146 Å². The Hall–Kier alpha value is -7.68. The molecule has 0 saturated heterocycles. The lowest BCUT2D eigenvalue weighted by Crippen LogP contribution is -2.00. The zero-order chi connectivity index (χ0) is 37.6. The number of para-hydroxylation sites is 1. The van der Waals surface area contributed by atoms with Gasteiger partial charge in [0, 0.05) is 32.8 Å². The molecular weight excluding hydrogens is 692 g/mol. The third kappa shape index (κ3) is 5.79. The molecule has 0 bridgehead atoms. The van der Waals surface area contributed by atoms with E-state index in [1.807, 2.05) is 97.1 Å². The molecule has 0 spiro atoms. The van der Waals surface area contributed by atoms with Crippen LogP contribution in [-0.2, 0) is 0 Å². The number of nitriles is 2. The van der Waals surface area contributed by atoms with Crippen LogP contribution in [0.1, 0.15) is 11.1 Å². The van der Waals surface area contributed by atoms with Crippen LogP contribution in [0.25, 0.3) is 88.7 Å². The van der Waals surface area contributed by atoms with E-state index in [4.69, 9.17) is 15.0 Å². The van der Waals surface area contributed by atoms with Crippen molar-refractivity contribution in [3.8, 4) is 68.2 Å². The maximum atomic E-state index is 14.2. The largest absolute Gasteiger partial charge is 0.247 e. The van der Waals surface area contributed by atoms with Crippen LogP contribution >= 0.6 is 0 Å². The molecule has 55 heavy (non-hydrogen) atoms. The number of pyridine rings is 1. The Morgan fingerprint density at radius 2 is 0.927 bits per heavy atom. The lowest BCUT2D eigenvalue weighted by molar-refractivity contribution is 0.448. The van der Waals surface area contributed by atoms with Gasteiger partial charge in [-0.15, -0.1) is 0 Å². The minimum Gasteiger partial charge on any atom is -0.247 e. The van der Waals surface area contributed by atoms with E-state index in [0.717, 1.165) is 56.1 Å². The Labute approximate surface area is 312 Å². The SMILES string of the molecule is N#Cc1ccc(-c2nc3cc(-c4ccccc4)c4c5ccccc5nc(-c5ccc(-c6cc(F)c(F)c(F)c6)cc5)c4c3nc2-c2ccc(C#N)cc2)cc1. The third-order valence-corrected chi connectivity index (χ3v) is 9.74. The highest BCUT2D eigenvalue weighted by molar-refractivity contribution is 6.25. The minimum absolute atomic E-state index is 0.198. The fourth-order valence-electron chi connectivity index (χ4n) is 7.07. The molecule has 0 unspecified atom stereocenters. The van der Waals surface area contributed by atoms with Crippen molar-refractivity contribution < 1.29 is 13.2 Å². The molecule has 0 saturated carbocycles. The Morgan fingerprint density at radius 1 is 0.418 bits per heavy atom. The maximum absolute atomic E-state index is 14.2. The second kappa shape index (κ2) is 13.4. The second-order valence-electron chi connectivity index (χ2n) is 13.0. The van der Waals surface area contributed by atoms with Gasteiger partial charge in [-0.25, -0.2) is 28.1 Å². The second-order valence-corrected chi connectivity index (χ2v) is 13.0. The number of aromatic nitrogens is 3. The first kappa shape index (κ1) is 33.2. The zero-order valence-corrected chi connectivity index (χ0v) is 28.7. The van der Waals surface area contributed by atoms with Gasteiger partial charge in [0.1, 0.15) is 0 Å². The smallest absolute Gasteiger partial charge is 0.194 e. The highest BCUT2D eigenvalue weighted by atomic mass is 19.2. The molecule has 2 heterocycles. The Bertz CT molecular complexity index is 3040. The van der Waals surface area contributed by atoms with Gasteiger partial charge in [-0.1, -0.05) is 97.1 Å². The lowest BCUT2D eigenvalue weighted by atomic mass is 9.91. The van der Waals surface area contributed by atoms with Crippen molar-refractivity contribution in [2.45, 2.75) is 0 Å². The summed E-state index contributed by atoms with van der Waals surface area (Å²) in [5.41, 5.74) is 9.54. The van der Waals surface area contributed by atoms with Gasteiger partial charge in [0.15, 0.2) is 17.5 Å². The van der Waals surface area contributed by atoms with Crippen molar-refractivity contribution in [3.05, 3.63) is 174 Å². The molecular formula is C47H24F3N5. The molecule has 0 aliphatic heterocycles. The summed E-state index contributed by atoms with van der Waals surface area (Å²) in [4.78, 5) is 15.9. The molecule has 9 aromatic rings. The van der Waals surface area contributed by atoms with Gasteiger partial charge in [-0.3, -0.25) is 0 Å². The summed E-state index contributed by atoms with van der Waals surface area (Å²) in [6.07, 6.45) is 0. The first-order valence-corrected chi connectivity index (χ1v) is 17.3. The Kier molecular flexibility index (Phi) is 8.07. The number of hydrogen-bond donors (Lipinski definition) is 0. The topological polar surface area (TPSA) is 86.2 Å². The molecule has 9 rings (SSSR count). The molecule has 8 heteroatoms. The van der Waals surface area contributed by atoms with E-state index in [1.165, 1.54) is 0 Å². The number of benzene rings is 7. The normalized spacial score (nSPS) is 11.1. The monoisotopic (exact) mass is 715 g/mol. The zero-order valence-electron chi connectivity index (χ0n) is 28.7. The highest BCUT2D eigenvalue weighted by Gasteiger charge is 2.23. The fraction of sp³-hybridized carbons (Fsp3) is 0. The lowest BCUT2D eigenvalue weighted by Gasteiger charge is -2.18. The van der Waals surface area contributed by atoms with Crippen molar-refractivity contribution in [2.24, 2.45) is 0 Å². The third-order valence-electron chi connectivity index (χ3n) is 9.74. The van der Waals surface area contributed by atoms with Crippen LogP contribution < -0.4 is 0 Å². The van der Waals surface area contributed by atoms with E-state index in [9.17, 15) is 23.7 Å². The molecule has 0 atom stereocenters. The molecule has 0 radical (unpaired) electrons. The first-order valence-electron chi connectivity index (χ1n) is 17.3. The fourth-order valence-corrected chi connectivity index (χ4v) is 7.07. The molecule has 5 nitrogen and oxygen atoms in total. The molecule has 7 aromatic carbocycles. The van der Waals surface area contributed by atoms with Crippen molar-refractivity contribution in [2.75, 3.05) is 0 Å². The maximum Gasteiger partial charge on any atom is 0.194 e. The average Bonchev–Trinajstić information content (AvgIpc) is 3.24. The van der Waals surface area contributed by atoms with Crippen LogP contribution in [0.2, 0.25) is 0 Å². The predicted molar refractivity (Wildman–Crippen MR) is 209 cm³/mol. The standard InChI is InChI=1S/C47H24F3N5/c48-37-22-34(23-38(49)43(37)50)29-18-20-31(21-19-29)44-42-41(35-8-4-5-9-39(35)53-44)36(30-6-2-1-3-7-30)24-40-47(42)55-46(33-16-12-28(26-52)13-17-33)45(54-40)32-14-10-27(25-51)11-15-32/h1-24H. The van der Waals surface area contributed by atoms with Crippen molar-refractivity contribution in [1.82, 2.24) is 15.0 Å². The average molecular weight is 716 g/mol. The number of nitrogens with zero attached hydrogens (tertiary/aromatic N) is 5. The minimum atomic E-state index is -1.52. The van der Waals surface area contributed by atoms with Crippen LogP contribution in [0.5, 0.6) is 0 Å². The van der Waals surface area contributed by atoms with Gasteiger partial charge in [0.25, 0.3) is 0 Å². The predicted octanol–water partition coefficient (Wildman–Crippen LogP) is 11.8. The van der Waals surface area contributed by atoms with E-state index in [0.29, 0.717) is 50.4 Å². The molecule has 0 N–H and O–H groups in total. The van der Waals surface area contributed by atoms with Crippen LogP contribution in [-0.4, -0.2) is 15.0 Å². The van der Waals surface area contributed by atoms with E-state index >= 15 is 0 Å². The van der Waals surface area contributed by atoms with Crippen LogP contribution in [0.4, 0.5) is 13.2 Å². The number of hydrogen-bond acceptors (Lipinski definition) is 5. The van der Waals surface area contributed by atoms with E-state index in [1.54, 1.807) is 36.4 Å². The molecule has 0 fully saturated rings. The summed E-state index contributed by atoms with van der Waals surface area (Å²) in [5, 5.41) is 21.6. The molecule has 2 aromatic heterocycles. The summed E-state index contributed by atoms with van der Waals surface area (Å²) in [6, 6.07) is 47.7. The van der Waals surface area contributed by atoms with E-state index in [-0.39, 0.29) is 5.56 Å². The summed E-state index contributed by atoms with van der Waals surface area (Å²) in [5.74, 6) is -4.05. The Balaban J connectivity index is 1.40. The van der Waals surface area contributed by atoms with E-state index < -0.39 is 17.5 Å². The quantitative estimate of drug-likeness (QED) is 0.131. The van der Waals surface area contributed by atoms with Gasteiger partial charge >= 0.3 is 0 Å². The first-order chi connectivity index (χ1) is 26.9. The van der Waals surface area contributed by atoms with Gasteiger partial charge in [-0.2, -0.15) is 10.5 Å². The van der Waals surface area contributed by atoms with Gasteiger partial charge in [0.05, 0.1) is 56.9 Å². The summed E-state index contributed by atoms with van der Waals surface area (Å²) in [7, 11) is 0. The molecule has 0 amide bonds. The molecule has 258 valence electrons. The molecule has 0 aliphatic rings. The van der Waals surface area contributed by atoms with Crippen molar-refractivity contribution in [3.63, 3.8) is 0 Å². The summed E-state index contributed by atoms with van der Waals surface area (Å²) in [6.45, 7) is 0. The summed E-state index contributed by atoms with van der Waals surface area (Å²) < 4.78 is 42.2. The van der Waals surface area contributed by atoms with Gasteiger partial charge in [-0.05, 0) is 70.8 Å². The number of rotatable bonds is 5. The van der Waals surface area contributed by atoms with Gasteiger partial charge in [0.2, 0.25) is 0 Å². The van der Waals surface area contributed by atoms with Crippen molar-refractivity contribution >= 4 is 32.7 Å². The number of fused-ring (bicyclic) bond motifs is 5. The van der Waals surface area contributed by atoms with Crippen LogP contribution in [0.3, 0.4) is 0 Å². The summed E-state index contributed by atoms with van der Waals surface area (Å²) >= 11 is 0. The molecule has 0 aliphatic carbocycles. The van der Waals surface area contributed by atoms with Crippen LogP contribution in [0, 0.1) is 40.1 Å². The van der Waals surface area contributed by atoms with Gasteiger partial charge < -0.3 is 0 Å².